The quantitative estimate of drug-likeness (QED) is 0.653. The van der Waals surface area contributed by atoms with Crippen LogP contribution >= 0.6 is 0 Å². The van der Waals surface area contributed by atoms with E-state index in [4.69, 9.17) is 9.47 Å². The number of hydrogen-bond donors (Lipinski definition) is 1. The van der Waals surface area contributed by atoms with Crippen molar-refractivity contribution in [3.8, 4) is 5.75 Å². The molecule has 1 amide bonds. The maximum atomic E-state index is 12.9. The van der Waals surface area contributed by atoms with Gasteiger partial charge >= 0.3 is 0 Å². The van der Waals surface area contributed by atoms with Crippen molar-refractivity contribution >= 4 is 15.9 Å². The average Bonchev–Trinajstić information content (AvgIpc) is 3.27. The molecule has 0 bridgehead atoms. The van der Waals surface area contributed by atoms with Crippen LogP contribution in [0.4, 0.5) is 4.39 Å². The maximum Gasteiger partial charge on any atom is 0.253 e. The summed E-state index contributed by atoms with van der Waals surface area (Å²) < 4.78 is 51.5. The number of carbonyl (C=O) groups is 1. The summed E-state index contributed by atoms with van der Waals surface area (Å²) in [6.45, 7) is 1.36. The Bertz CT molecular complexity index is 960. The molecule has 3 rings (SSSR count). The third-order valence-corrected chi connectivity index (χ3v) is 6.19. The second-order valence-corrected chi connectivity index (χ2v) is 8.81. The molecule has 0 aliphatic carbocycles. The van der Waals surface area contributed by atoms with Crippen LogP contribution in [0.1, 0.15) is 23.2 Å². The Kier molecular flexibility index (Phi) is 7.41. The molecule has 0 radical (unpaired) electrons. The number of nitrogens with one attached hydrogen (secondary N) is 1. The molecule has 30 heavy (non-hydrogen) atoms. The van der Waals surface area contributed by atoms with Crippen LogP contribution in [0.3, 0.4) is 0 Å². The highest BCUT2D eigenvalue weighted by molar-refractivity contribution is 7.89. The minimum absolute atomic E-state index is 0.0299. The molecule has 1 aliphatic rings. The molecule has 162 valence electrons. The summed E-state index contributed by atoms with van der Waals surface area (Å²) >= 11 is 0. The van der Waals surface area contributed by atoms with Gasteiger partial charge in [0.15, 0.2) is 0 Å². The number of hydrogen-bond acceptors (Lipinski definition) is 5. The number of sulfonamides is 1. The van der Waals surface area contributed by atoms with Crippen LogP contribution in [-0.4, -0.2) is 58.7 Å². The fraction of sp³-hybridized carbons (Fsp3) is 0.381. The van der Waals surface area contributed by atoms with Crippen molar-refractivity contribution in [2.45, 2.75) is 23.8 Å². The fourth-order valence-corrected chi connectivity index (χ4v) is 4.15. The molecule has 2 aromatic rings. The molecule has 1 heterocycles. The van der Waals surface area contributed by atoms with E-state index in [-0.39, 0.29) is 48.0 Å². The Morgan fingerprint density at radius 2 is 2.03 bits per heavy atom. The molecule has 2 aromatic carbocycles. The lowest BCUT2D eigenvalue weighted by Crippen LogP contribution is -2.33. The molecule has 1 fully saturated rings. The zero-order valence-electron chi connectivity index (χ0n) is 16.7. The van der Waals surface area contributed by atoms with Crippen LogP contribution < -0.4 is 9.46 Å². The van der Waals surface area contributed by atoms with Crippen LogP contribution in [0.2, 0.25) is 0 Å². The van der Waals surface area contributed by atoms with Crippen molar-refractivity contribution in [2.75, 3.05) is 33.4 Å². The number of rotatable bonds is 9. The number of nitrogens with zero attached hydrogens (tertiary/aromatic N) is 1. The molecule has 7 nitrogen and oxygen atoms in total. The molecular formula is C21H25FN2O5S. The van der Waals surface area contributed by atoms with E-state index in [2.05, 4.69) is 4.72 Å². The number of amides is 1. The second kappa shape index (κ2) is 10.0. The first-order chi connectivity index (χ1) is 14.3. The van der Waals surface area contributed by atoms with E-state index in [1.165, 1.54) is 47.4 Å². The standard InChI is InChI=1S/C21H25FN2O5S/c1-24(11-13-29-18-9-7-17(22)8-10-18)21(25)16-4-2-6-20(14-16)30(26,27)23-15-19-5-3-12-28-19/h2,4,6-10,14,19,23H,3,5,11-13,15H2,1H3. The van der Waals surface area contributed by atoms with Gasteiger partial charge in [0.1, 0.15) is 18.2 Å². The highest BCUT2D eigenvalue weighted by Crippen LogP contribution is 2.16. The minimum atomic E-state index is -3.74. The van der Waals surface area contributed by atoms with Crippen LogP contribution in [0, 0.1) is 5.82 Å². The van der Waals surface area contributed by atoms with Gasteiger partial charge in [-0.15, -0.1) is 0 Å². The summed E-state index contributed by atoms with van der Waals surface area (Å²) in [5, 5.41) is 0. The normalized spacial score (nSPS) is 16.4. The zero-order chi connectivity index (χ0) is 21.6. The average molecular weight is 437 g/mol. The highest BCUT2D eigenvalue weighted by Gasteiger charge is 2.21. The highest BCUT2D eigenvalue weighted by atomic mass is 32.2. The SMILES string of the molecule is CN(CCOc1ccc(F)cc1)C(=O)c1cccc(S(=O)(=O)NCC2CCCO2)c1. The van der Waals surface area contributed by atoms with Crippen LogP contribution in [-0.2, 0) is 14.8 Å². The van der Waals surface area contributed by atoms with Crippen molar-refractivity contribution in [3.05, 3.63) is 59.9 Å². The smallest absolute Gasteiger partial charge is 0.253 e. The zero-order valence-corrected chi connectivity index (χ0v) is 17.5. The topological polar surface area (TPSA) is 84.9 Å². The van der Waals surface area contributed by atoms with Crippen LogP contribution in [0.15, 0.2) is 53.4 Å². The van der Waals surface area contributed by atoms with Crippen molar-refractivity contribution in [3.63, 3.8) is 0 Å². The number of carbonyl (C=O) groups excluding carboxylic acids is 1. The largest absolute Gasteiger partial charge is 0.492 e. The Labute approximate surface area is 175 Å². The molecule has 0 aromatic heterocycles. The summed E-state index contributed by atoms with van der Waals surface area (Å²) in [6.07, 6.45) is 1.64. The predicted octanol–water partition coefficient (Wildman–Crippen LogP) is 2.43. The van der Waals surface area contributed by atoms with Gasteiger partial charge in [-0.25, -0.2) is 17.5 Å². The van der Waals surface area contributed by atoms with Gasteiger partial charge in [0.05, 0.1) is 17.5 Å². The van der Waals surface area contributed by atoms with Crippen molar-refractivity contribution in [1.29, 1.82) is 0 Å². The number of likely N-dealkylation sites (N-methyl/N-ethyl adjacent to an activating group) is 1. The van der Waals surface area contributed by atoms with Crippen LogP contribution in [0.5, 0.6) is 5.75 Å². The van der Waals surface area contributed by atoms with E-state index in [9.17, 15) is 17.6 Å². The summed E-state index contributed by atoms with van der Waals surface area (Å²) in [5.41, 5.74) is 0.263. The molecule has 1 N–H and O–H groups in total. The Hall–Kier alpha value is -2.49. The van der Waals surface area contributed by atoms with Crippen molar-refractivity contribution in [1.82, 2.24) is 9.62 Å². The van der Waals surface area contributed by atoms with Gasteiger partial charge in [-0.05, 0) is 55.3 Å². The molecular weight excluding hydrogens is 411 g/mol. The van der Waals surface area contributed by atoms with E-state index in [1.54, 1.807) is 13.1 Å². The molecule has 1 aliphatic heterocycles. The lowest BCUT2D eigenvalue weighted by atomic mass is 10.2. The third kappa shape index (κ3) is 6.01. The minimum Gasteiger partial charge on any atom is -0.492 e. The molecule has 1 unspecified atom stereocenters. The Morgan fingerprint density at radius 1 is 1.27 bits per heavy atom. The van der Waals surface area contributed by atoms with Crippen molar-refractivity contribution < 1.29 is 27.1 Å². The summed E-state index contributed by atoms with van der Waals surface area (Å²) in [7, 11) is -2.14. The van der Waals surface area contributed by atoms with Crippen LogP contribution in [0.25, 0.3) is 0 Å². The molecule has 9 heteroatoms. The van der Waals surface area contributed by atoms with E-state index in [0.717, 1.165) is 12.8 Å². The molecule has 0 spiro atoms. The maximum absolute atomic E-state index is 12.9. The summed E-state index contributed by atoms with van der Waals surface area (Å²) in [4.78, 5) is 14.1. The van der Waals surface area contributed by atoms with Gasteiger partial charge in [-0.3, -0.25) is 4.79 Å². The number of halogens is 1. The summed E-state index contributed by atoms with van der Waals surface area (Å²) in [6, 6.07) is 11.5. The van der Waals surface area contributed by atoms with E-state index < -0.39 is 10.0 Å². The second-order valence-electron chi connectivity index (χ2n) is 7.04. The molecule has 1 saturated heterocycles. The number of ether oxygens (including phenoxy) is 2. The van der Waals surface area contributed by atoms with Gasteiger partial charge < -0.3 is 14.4 Å². The Balaban J connectivity index is 1.56. The molecule has 0 saturated carbocycles. The van der Waals surface area contributed by atoms with Gasteiger partial charge in [0.2, 0.25) is 10.0 Å². The van der Waals surface area contributed by atoms with Gasteiger partial charge in [-0.1, -0.05) is 6.07 Å². The lowest BCUT2D eigenvalue weighted by Gasteiger charge is -2.18. The lowest BCUT2D eigenvalue weighted by molar-refractivity contribution is 0.0773. The van der Waals surface area contributed by atoms with E-state index >= 15 is 0 Å². The first kappa shape index (κ1) is 22.2. The van der Waals surface area contributed by atoms with Gasteiger partial charge in [0.25, 0.3) is 5.91 Å². The first-order valence-electron chi connectivity index (χ1n) is 9.70. The first-order valence-corrected chi connectivity index (χ1v) is 11.2. The number of benzene rings is 2. The van der Waals surface area contributed by atoms with E-state index in [0.29, 0.717) is 12.4 Å². The summed E-state index contributed by atoms with van der Waals surface area (Å²) in [5.74, 6) is -0.175. The predicted molar refractivity (Wildman–Crippen MR) is 109 cm³/mol. The van der Waals surface area contributed by atoms with Gasteiger partial charge in [0, 0.05) is 25.8 Å². The van der Waals surface area contributed by atoms with Crippen molar-refractivity contribution in [2.24, 2.45) is 0 Å². The Morgan fingerprint density at radius 3 is 2.73 bits per heavy atom. The fourth-order valence-electron chi connectivity index (χ4n) is 3.04. The van der Waals surface area contributed by atoms with Gasteiger partial charge in [-0.2, -0.15) is 0 Å². The van der Waals surface area contributed by atoms with E-state index in [1.807, 2.05) is 0 Å². The monoisotopic (exact) mass is 436 g/mol. The molecule has 1 atom stereocenters. The third-order valence-electron chi connectivity index (χ3n) is 4.77.